The van der Waals surface area contributed by atoms with Gasteiger partial charge in [-0.1, -0.05) is 17.7 Å². The summed E-state index contributed by atoms with van der Waals surface area (Å²) in [5.41, 5.74) is 2.49. The van der Waals surface area contributed by atoms with Crippen molar-refractivity contribution in [2.24, 2.45) is 0 Å². The molecule has 0 saturated carbocycles. The van der Waals surface area contributed by atoms with Crippen molar-refractivity contribution < 1.29 is 9.53 Å². The van der Waals surface area contributed by atoms with Gasteiger partial charge in [0.05, 0.1) is 13.7 Å². The Bertz CT molecular complexity index is 482. The van der Waals surface area contributed by atoms with Gasteiger partial charge in [-0.15, -0.1) is 0 Å². The van der Waals surface area contributed by atoms with Crippen LogP contribution in [0.1, 0.15) is 11.1 Å². The van der Waals surface area contributed by atoms with E-state index in [2.05, 4.69) is 34.2 Å². The lowest BCUT2D eigenvalue weighted by molar-refractivity contribution is -0.122. The topological polar surface area (TPSA) is 44.8 Å². The number of carbonyl (C=O) groups excluding carboxylic acids is 1. The van der Waals surface area contributed by atoms with Crippen LogP contribution in [0.2, 0.25) is 0 Å². The summed E-state index contributed by atoms with van der Waals surface area (Å²) in [7, 11) is 3.40. The first-order chi connectivity index (χ1) is 10.1. The van der Waals surface area contributed by atoms with Crippen LogP contribution in [0.25, 0.3) is 0 Å². The molecule has 0 unspecified atom stereocenters. The summed E-state index contributed by atoms with van der Waals surface area (Å²) in [4.78, 5) is 16.0. The van der Waals surface area contributed by atoms with Crippen molar-refractivity contribution in [3.8, 4) is 5.75 Å². The van der Waals surface area contributed by atoms with Gasteiger partial charge in [0.25, 0.3) is 0 Å². The third kappa shape index (κ3) is 4.44. The summed E-state index contributed by atoms with van der Waals surface area (Å²) in [5.74, 6) is 1.04. The number of nitrogens with zero attached hydrogens (tertiary/aromatic N) is 2. The molecule has 1 N–H and O–H groups in total. The summed E-state index contributed by atoms with van der Waals surface area (Å²) in [5, 5.41) is 2.67. The van der Waals surface area contributed by atoms with Gasteiger partial charge in [-0.25, -0.2) is 0 Å². The van der Waals surface area contributed by atoms with Crippen molar-refractivity contribution in [1.82, 2.24) is 15.1 Å². The zero-order valence-electron chi connectivity index (χ0n) is 13.2. The van der Waals surface area contributed by atoms with Crippen molar-refractivity contribution in [3.05, 3.63) is 29.3 Å². The van der Waals surface area contributed by atoms with Crippen LogP contribution in [0.3, 0.4) is 0 Å². The predicted molar refractivity (Wildman–Crippen MR) is 83.5 cm³/mol. The average molecular weight is 291 g/mol. The number of hydrogen-bond acceptors (Lipinski definition) is 4. The maximum atomic E-state index is 11.4. The Morgan fingerprint density at radius 3 is 2.52 bits per heavy atom. The second kappa shape index (κ2) is 7.43. The molecule has 1 aliphatic rings. The van der Waals surface area contributed by atoms with Gasteiger partial charge in [0, 0.05) is 45.3 Å². The van der Waals surface area contributed by atoms with E-state index in [0.717, 1.165) is 38.5 Å². The molecule has 1 fully saturated rings. The SMILES string of the molecule is CNC(=O)CN1CCN(Cc2cc(C)ccc2OC)CC1. The van der Waals surface area contributed by atoms with Crippen LogP contribution in [0.15, 0.2) is 18.2 Å². The lowest BCUT2D eigenvalue weighted by Crippen LogP contribution is -2.48. The first-order valence-corrected chi connectivity index (χ1v) is 7.41. The van der Waals surface area contributed by atoms with E-state index in [1.54, 1.807) is 14.2 Å². The Balaban J connectivity index is 1.89. The smallest absolute Gasteiger partial charge is 0.233 e. The lowest BCUT2D eigenvalue weighted by Gasteiger charge is -2.34. The summed E-state index contributed by atoms with van der Waals surface area (Å²) in [6.07, 6.45) is 0. The fourth-order valence-electron chi connectivity index (χ4n) is 2.66. The van der Waals surface area contributed by atoms with E-state index in [1.165, 1.54) is 11.1 Å². The molecule has 0 radical (unpaired) electrons. The fraction of sp³-hybridized carbons (Fsp3) is 0.562. The molecular formula is C16H25N3O2. The number of amides is 1. The first kappa shape index (κ1) is 15.8. The minimum absolute atomic E-state index is 0.0869. The van der Waals surface area contributed by atoms with Gasteiger partial charge in [-0.3, -0.25) is 14.6 Å². The standard InChI is InChI=1S/C16H25N3O2/c1-13-4-5-15(21-3)14(10-13)11-18-6-8-19(9-7-18)12-16(20)17-2/h4-5,10H,6-9,11-12H2,1-3H3,(H,17,20). The Kier molecular flexibility index (Phi) is 5.59. The maximum absolute atomic E-state index is 11.4. The summed E-state index contributed by atoms with van der Waals surface area (Å²) >= 11 is 0. The van der Waals surface area contributed by atoms with E-state index in [0.29, 0.717) is 6.54 Å². The molecule has 2 rings (SSSR count). The van der Waals surface area contributed by atoms with Gasteiger partial charge in [0.15, 0.2) is 0 Å². The van der Waals surface area contributed by atoms with Gasteiger partial charge >= 0.3 is 0 Å². The third-order valence-corrected chi connectivity index (χ3v) is 3.94. The summed E-state index contributed by atoms with van der Waals surface area (Å²) in [6, 6.07) is 6.30. The molecule has 5 nitrogen and oxygen atoms in total. The number of hydrogen-bond donors (Lipinski definition) is 1. The van der Waals surface area contributed by atoms with Crippen molar-refractivity contribution in [3.63, 3.8) is 0 Å². The van der Waals surface area contributed by atoms with Crippen LogP contribution in [0, 0.1) is 6.92 Å². The van der Waals surface area contributed by atoms with Crippen LogP contribution in [0.5, 0.6) is 5.75 Å². The molecule has 5 heteroatoms. The van der Waals surface area contributed by atoms with Gasteiger partial charge in [-0.05, 0) is 13.0 Å². The van der Waals surface area contributed by atoms with Crippen LogP contribution in [-0.2, 0) is 11.3 Å². The normalized spacial score (nSPS) is 16.7. The second-order valence-corrected chi connectivity index (χ2v) is 5.54. The molecule has 1 saturated heterocycles. The Hall–Kier alpha value is -1.59. The maximum Gasteiger partial charge on any atom is 0.233 e. The number of piperazine rings is 1. The highest BCUT2D eigenvalue weighted by Crippen LogP contribution is 2.21. The zero-order valence-corrected chi connectivity index (χ0v) is 13.2. The van der Waals surface area contributed by atoms with E-state index >= 15 is 0 Å². The molecule has 21 heavy (non-hydrogen) atoms. The monoisotopic (exact) mass is 291 g/mol. The van der Waals surface area contributed by atoms with E-state index in [-0.39, 0.29) is 5.91 Å². The van der Waals surface area contributed by atoms with Crippen LogP contribution in [-0.4, -0.2) is 62.6 Å². The quantitative estimate of drug-likeness (QED) is 0.874. The largest absolute Gasteiger partial charge is 0.496 e. The lowest BCUT2D eigenvalue weighted by atomic mass is 10.1. The van der Waals surface area contributed by atoms with Crippen LogP contribution in [0.4, 0.5) is 0 Å². The predicted octanol–water partition coefficient (Wildman–Crippen LogP) is 0.867. The molecule has 1 amide bonds. The van der Waals surface area contributed by atoms with E-state index in [1.807, 2.05) is 6.07 Å². The molecule has 0 spiro atoms. The molecule has 0 aromatic heterocycles. The number of nitrogens with one attached hydrogen (secondary N) is 1. The number of aryl methyl sites for hydroxylation is 1. The minimum Gasteiger partial charge on any atom is -0.496 e. The zero-order chi connectivity index (χ0) is 15.2. The van der Waals surface area contributed by atoms with Gasteiger partial charge < -0.3 is 10.1 Å². The van der Waals surface area contributed by atoms with Crippen molar-refractivity contribution in [1.29, 1.82) is 0 Å². The van der Waals surface area contributed by atoms with Crippen molar-refractivity contribution in [2.75, 3.05) is 46.9 Å². The van der Waals surface area contributed by atoms with E-state index < -0.39 is 0 Å². The molecule has 1 heterocycles. The number of rotatable bonds is 5. The Labute approximate surface area is 126 Å². The molecule has 0 bridgehead atoms. The van der Waals surface area contributed by atoms with Gasteiger partial charge in [0.1, 0.15) is 5.75 Å². The highest BCUT2D eigenvalue weighted by Gasteiger charge is 2.19. The molecule has 1 aliphatic heterocycles. The van der Waals surface area contributed by atoms with Crippen LogP contribution < -0.4 is 10.1 Å². The molecule has 1 aromatic rings. The number of ether oxygens (including phenoxy) is 1. The molecular weight excluding hydrogens is 266 g/mol. The van der Waals surface area contributed by atoms with E-state index in [9.17, 15) is 4.79 Å². The Morgan fingerprint density at radius 2 is 1.90 bits per heavy atom. The van der Waals surface area contributed by atoms with E-state index in [4.69, 9.17) is 4.74 Å². The van der Waals surface area contributed by atoms with Crippen LogP contribution >= 0.6 is 0 Å². The number of methoxy groups -OCH3 is 1. The van der Waals surface area contributed by atoms with Crippen molar-refractivity contribution >= 4 is 5.91 Å². The number of carbonyl (C=O) groups is 1. The Morgan fingerprint density at radius 1 is 1.24 bits per heavy atom. The highest BCUT2D eigenvalue weighted by atomic mass is 16.5. The fourth-order valence-corrected chi connectivity index (χ4v) is 2.66. The molecule has 0 atom stereocenters. The summed E-state index contributed by atoms with van der Waals surface area (Å²) < 4.78 is 5.44. The first-order valence-electron chi connectivity index (χ1n) is 7.41. The third-order valence-electron chi connectivity index (χ3n) is 3.94. The molecule has 116 valence electrons. The van der Waals surface area contributed by atoms with Crippen molar-refractivity contribution in [2.45, 2.75) is 13.5 Å². The average Bonchev–Trinajstić information content (AvgIpc) is 2.49. The molecule has 0 aliphatic carbocycles. The molecule has 1 aromatic carbocycles. The summed E-state index contributed by atoms with van der Waals surface area (Å²) in [6.45, 7) is 7.33. The second-order valence-electron chi connectivity index (χ2n) is 5.54. The minimum atomic E-state index is 0.0869. The highest BCUT2D eigenvalue weighted by molar-refractivity contribution is 5.77. The number of likely N-dealkylation sites (N-methyl/N-ethyl adjacent to an activating group) is 1. The van der Waals surface area contributed by atoms with Gasteiger partial charge in [0.2, 0.25) is 5.91 Å². The number of benzene rings is 1. The van der Waals surface area contributed by atoms with Gasteiger partial charge in [-0.2, -0.15) is 0 Å².